The molecule has 1 aliphatic rings. The van der Waals surface area contributed by atoms with E-state index in [4.69, 9.17) is 21.5 Å². The zero-order valence-corrected chi connectivity index (χ0v) is 19.1. The van der Waals surface area contributed by atoms with Crippen molar-refractivity contribution < 1.29 is 38.4 Å². The number of alkyl halides is 3. The van der Waals surface area contributed by atoms with Crippen LogP contribution >= 0.6 is 11.6 Å². The van der Waals surface area contributed by atoms with Gasteiger partial charge in [0.05, 0.1) is 5.69 Å². The van der Waals surface area contributed by atoms with Crippen molar-refractivity contribution in [2.75, 3.05) is 4.90 Å². The fraction of sp³-hybridized carbons (Fsp3) is 0.0385. The molecule has 0 radical (unpaired) electrons. The molecule has 0 saturated heterocycles. The Hall–Kier alpha value is -4.21. The van der Waals surface area contributed by atoms with E-state index in [0.717, 1.165) is 22.2 Å². The van der Waals surface area contributed by atoms with Gasteiger partial charge in [-0.1, -0.05) is 48.0 Å². The average Bonchev–Trinajstić information content (AvgIpc) is 2.82. The van der Waals surface area contributed by atoms with E-state index in [1.807, 2.05) is 42.5 Å². The Morgan fingerprint density at radius 1 is 0.833 bits per heavy atom. The van der Waals surface area contributed by atoms with Gasteiger partial charge in [0.25, 0.3) is 11.8 Å². The van der Waals surface area contributed by atoms with Crippen LogP contribution in [0.3, 0.4) is 0 Å². The number of halogens is 4. The van der Waals surface area contributed by atoms with Gasteiger partial charge >= 0.3 is 6.18 Å². The van der Waals surface area contributed by atoms with Gasteiger partial charge in [-0.3, -0.25) is 9.59 Å². The van der Waals surface area contributed by atoms with Crippen LogP contribution in [0.2, 0.25) is 5.02 Å². The monoisotopic (exact) mass is 512 g/mol. The molecule has 3 N–H and O–H groups in total. The Morgan fingerprint density at radius 2 is 1.42 bits per heavy atom. The Bertz CT molecular complexity index is 1510. The maximum atomic E-state index is 13.3. The van der Waals surface area contributed by atoms with Crippen molar-refractivity contribution in [3.8, 4) is 11.1 Å². The molecule has 0 unspecified atom stereocenters. The van der Waals surface area contributed by atoms with Crippen molar-refractivity contribution in [3.63, 3.8) is 0 Å². The van der Waals surface area contributed by atoms with E-state index in [1.54, 1.807) is 36.4 Å². The lowest BCUT2D eigenvalue weighted by Crippen LogP contribution is -2.40. The summed E-state index contributed by atoms with van der Waals surface area (Å²) in [7, 11) is 0. The summed E-state index contributed by atoms with van der Waals surface area (Å²) in [5, 5.41) is 10.8. The molecule has 1 heterocycles. The normalized spacial score (nSPS) is 12.9. The summed E-state index contributed by atoms with van der Waals surface area (Å²) < 4.78 is 31.5. The predicted octanol–water partition coefficient (Wildman–Crippen LogP) is 4.13. The lowest BCUT2D eigenvalue weighted by molar-refractivity contribution is -0.344. The average molecular weight is 513 g/mol. The molecule has 1 aliphatic heterocycles. The largest absolute Gasteiger partial charge is 0.542 e. The van der Waals surface area contributed by atoms with Gasteiger partial charge in [-0.15, -0.1) is 0 Å². The summed E-state index contributed by atoms with van der Waals surface area (Å²) in [4.78, 5) is 36.5. The highest BCUT2D eigenvalue weighted by molar-refractivity contribution is 6.37. The molecule has 0 aliphatic carbocycles. The number of carbonyl (C=O) groups is 3. The number of carbonyl (C=O) groups excluding carboxylic acids is 3. The minimum atomic E-state index is -5.19. The van der Waals surface area contributed by atoms with Crippen LogP contribution < -0.4 is 15.7 Å². The smallest absolute Gasteiger partial charge is 0.430 e. The minimum absolute atomic E-state index is 0.349. The SMILES string of the molecule is O=C([O-])C(F)(F)F.[NH3+]c1cccc(-c2ccc3c4c(cccc24)C(=O)N(c2cccc(Cl)c2)C3=O)c1. The number of quaternary nitrogens is 1. The van der Waals surface area contributed by atoms with E-state index < -0.39 is 12.1 Å². The Morgan fingerprint density at radius 3 is 2.03 bits per heavy atom. The summed E-state index contributed by atoms with van der Waals surface area (Å²) in [6.07, 6.45) is -5.19. The number of carboxylic acid groups (broad SMARTS) is 1. The number of hydrogen-bond donors (Lipinski definition) is 1. The molecule has 6 nitrogen and oxygen atoms in total. The standard InChI is InChI=1S/C24H15ClN2O2.C2HF3O2/c25-15-5-2-7-17(13-15)27-23(28)20-9-3-8-19-18(14-4-1-6-16(26)12-14)10-11-21(22(19)20)24(27)29;3-2(4,5)1(6)7/h1-13H,26H2;(H,6,7). The van der Waals surface area contributed by atoms with Crippen LogP contribution in [0.25, 0.3) is 21.9 Å². The number of nitrogens with zero attached hydrogens (tertiary/aromatic N) is 1. The summed E-state index contributed by atoms with van der Waals surface area (Å²) in [5.74, 6) is -3.70. The van der Waals surface area contributed by atoms with Crippen molar-refractivity contribution in [2.24, 2.45) is 0 Å². The van der Waals surface area contributed by atoms with Gasteiger partial charge in [0.15, 0.2) is 0 Å². The number of rotatable bonds is 2. The number of aliphatic carboxylic acids is 1. The zero-order chi connectivity index (χ0) is 26.2. The molecular formula is C26H16ClF3N2O4. The van der Waals surface area contributed by atoms with Gasteiger partial charge in [0.1, 0.15) is 11.7 Å². The van der Waals surface area contributed by atoms with Crippen LogP contribution in [0.4, 0.5) is 24.5 Å². The Labute approximate surface area is 207 Å². The van der Waals surface area contributed by atoms with Crippen molar-refractivity contribution in [2.45, 2.75) is 6.18 Å². The second kappa shape index (κ2) is 9.44. The number of amides is 2. The molecule has 0 fully saturated rings. The van der Waals surface area contributed by atoms with E-state index in [0.29, 0.717) is 27.2 Å². The molecule has 0 atom stereocenters. The first-order valence-electron chi connectivity index (χ1n) is 10.4. The topological polar surface area (TPSA) is 105 Å². The van der Waals surface area contributed by atoms with Crippen molar-refractivity contribution in [1.82, 2.24) is 0 Å². The molecule has 0 aromatic heterocycles. The lowest BCUT2D eigenvalue weighted by atomic mass is 9.89. The quantitative estimate of drug-likeness (QED) is 0.408. The second-order valence-corrected chi connectivity index (χ2v) is 8.24. The van der Waals surface area contributed by atoms with E-state index in [-0.39, 0.29) is 11.8 Å². The van der Waals surface area contributed by atoms with Crippen LogP contribution in [0.5, 0.6) is 0 Å². The Kier molecular flexibility index (Phi) is 6.53. The van der Waals surface area contributed by atoms with Gasteiger partial charge in [-0.05, 0) is 52.9 Å². The number of benzene rings is 4. The van der Waals surface area contributed by atoms with Crippen LogP contribution in [-0.4, -0.2) is 24.0 Å². The number of anilines is 1. The van der Waals surface area contributed by atoms with Crippen LogP contribution in [0.15, 0.2) is 78.9 Å². The molecule has 0 spiro atoms. The van der Waals surface area contributed by atoms with Gasteiger partial charge in [0.2, 0.25) is 0 Å². The van der Waals surface area contributed by atoms with Crippen molar-refractivity contribution in [3.05, 3.63) is 95.0 Å². The first kappa shape index (κ1) is 24.9. The summed E-state index contributed by atoms with van der Waals surface area (Å²) in [5.41, 5.74) is 8.34. The summed E-state index contributed by atoms with van der Waals surface area (Å²) in [6, 6.07) is 23.9. The van der Waals surface area contributed by atoms with Gasteiger partial charge < -0.3 is 15.6 Å². The minimum Gasteiger partial charge on any atom is -0.542 e. The zero-order valence-electron chi connectivity index (χ0n) is 18.3. The third-order valence-electron chi connectivity index (χ3n) is 5.44. The molecule has 2 amide bonds. The van der Waals surface area contributed by atoms with E-state index in [9.17, 15) is 22.8 Å². The molecular weight excluding hydrogens is 497 g/mol. The Balaban J connectivity index is 0.000000384. The molecule has 4 aromatic rings. The molecule has 5 rings (SSSR count). The maximum Gasteiger partial charge on any atom is 0.430 e. The molecule has 4 aromatic carbocycles. The third kappa shape index (κ3) is 4.66. The van der Waals surface area contributed by atoms with E-state index >= 15 is 0 Å². The highest BCUT2D eigenvalue weighted by Gasteiger charge is 2.34. The van der Waals surface area contributed by atoms with Gasteiger partial charge in [0, 0.05) is 27.6 Å². The van der Waals surface area contributed by atoms with Gasteiger partial charge in [-0.2, -0.15) is 13.2 Å². The predicted molar refractivity (Wildman–Crippen MR) is 126 cm³/mol. The van der Waals surface area contributed by atoms with Crippen molar-refractivity contribution in [1.29, 1.82) is 0 Å². The molecule has 182 valence electrons. The first-order valence-corrected chi connectivity index (χ1v) is 10.8. The highest BCUT2D eigenvalue weighted by atomic mass is 35.5. The maximum absolute atomic E-state index is 13.3. The number of hydrogen-bond acceptors (Lipinski definition) is 4. The van der Waals surface area contributed by atoms with E-state index in [2.05, 4.69) is 5.73 Å². The first-order chi connectivity index (χ1) is 17.0. The van der Waals surface area contributed by atoms with Crippen LogP contribution in [0.1, 0.15) is 20.7 Å². The molecule has 0 bridgehead atoms. The summed E-state index contributed by atoms with van der Waals surface area (Å²) in [6.45, 7) is 0. The molecule has 36 heavy (non-hydrogen) atoms. The van der Waals surface area contributed by atoms with Gasteiger partial charge in [-0.25, -0.2) is 4.90 Å². The number of carboxylic acids is 1. The fourth-order valence-electron chi connectivity index (χ4n) is 3.94. The highest BCUT2D eigenvalue weighted by Crippen LogP contribution is 2.38. The molecule has 10 heteroatoms. The fourth-order valence-corrected chi connectivity index (χ4v) is 4.12. The lowest BCUT2D eigenvalue weighted by Gasteiger charge is -2.28. The molecule has 0 saturated carbocycles. The van der Waals surface area contributed by atoms with Crippen LogP contribution in [-0.2, 0) is 4.79 Å². The second-order valence-electron chi connectivity index (χ2n) is 7.80. The van der Waals surface area contributed by atoms with E-state index in [1.165, 1.54) is 4.90 Å². The number of imide groups is 1. The third-order valence-corrected chi connectivity index (χ3v) is 5.68. The van der Waals surface area contributed by atoms with Crippen LogP contribution in [0, 0.1) is 0 Å². The van der Waals surface area contributed by atoms with Crippen molar-refractivity contribution >= 4 is 51.5 Å². The summed E-state index contributed by atoms with van der Waals surface area (Å²) >= 11 is 6.09.